The Morgan fingerprint density at radius 2 is 2.00 bits per heavy atom. The fraction of sp³-hybridized carbons (Fsp3) is 0.312. The van der Waals surface area contributed by atoms with Crippen molar-refractivity contribution in [2.24, 2.45) is 10.8 Å². The molecule has 3 N–H and O–H groups in total. The molecule has 0 saturated heterocycles. The average molecular weight is 316 g/mol. The summed E-state index contributed by atoms with van der Waals surface area (Å²) in [6, 6.07) is 6.62. The molecule has 23 heavy (non-hydrogen) atoms. The number of carbonyl (C=O) groups excluding carboxylic acids is 1. The first-order chi connectivity index (χ1) is 11.0. The van der Waals surface area contributed by atoms with E-state index in [4.69, 9.17) is 10.2 Å². The maximum atomic E-state index is 12.1. The van der Waals surface area contributed by atoms with E-state index >= 15 is 0 Å². The Kier molecular flexibility index (Phi) is 5.00. The highest BCUT2D eigenvalue weighted by molar-refractivity contribution is 6.01. The lowest BCUT2D eigenvalue weighted by atomic mass is 10.1. The monoisotopic (exact) mass is 316 g/mol. The summed E-state index contributed by atoms with van der Waals surface area (Å²) in [5.74, 6) is 0. The summed E-state index contributed by atoms with van der Waals surface area (Å²) in [6.07, 6.45) is 0. The van der Waals surface area contributed by atoms with Gasteiger partial charge in [0, 0.05) is 30.2 Å². The van der Waals surface area contributed by atoms with E-state index in [0.29, 0.717) is 11.3 Å². The molecule has 1 aromatic heterocycles. The highest BCUT2D eigenvalue weighted by Crippen LogP contribution is 2.22. The number of hydrazone groups is 1. The third-order valence-electron chi connectivity index (χ3n) is 3.57. The molecule has 0 fully saturated rings. The van der Waals surface area contributed by atoms with Gasteiger partial charge in [-0.1, -0.05) is 0 Å². The molecule has 2 amide bonds. The first-order valence-corrected chi connectivity index (χ1v) is 7.39. The lowest BCUT2D eigenvalue weighted by molar-refractivity contribution is 0.249. The van der Waals surface area contributed by atoms with Crippen LogP contribution in [0.4, 0.5) is 10.5 Å². The average Bonchev–Trinajstić information content (AvgIpc) is 2.53. The third kappa shape index (κ3) is 3.68. The van der Waals surface area contributed by atoms with Crippen molar-refractivity contribution in [3.05, 3.63) is 40.2 Å². The standard InChI is InChI=1S/C16H20N4O3/c1-4-20(5-2)12-7-6-11-8-13(10(3)18-19-16(17)22)15(21)23-14(11)9-12/h6-9H,4-5H2,1-3H3,(H3,17,19,22)/b18-10+. The van der Waals surface area contributed by atoms with Crippen molar-refractivity contribution in [1.82, 2.24) is 5.43 Å². The maximum Gasteiger partial charge on any atom is 0.345 e. The van der Waals surface area contributed by atoms with Crippen LogP contribution < -0.4 is 21.7 Å². The van der Waals surface area contributed by atoms with Gasteiger partial charge in [0.1, 0.15) is 5.58 Å². The second-order valence-corrected chi connectivity index (χ2v) is 5.02. The van der Waals surface area contributed by atoms with Gasteiger partial charge < -0.3 is 15.1 Å². The lowest BCUT2D eigenvalue weighted by Gasteiger charge is -2.21. The highest BCUT2D eigenvalue weighted by atomic mass is 16.4. The number of carbonyl (C=O) groups is 1. The van der Waals surface area contributed by atoms with Crippen LogP contribution in [0.2, 0.25) is 0 Å². The molecular weight excluding hydrogens is 296 g/mol. The molecule has 0 atom stereocenters. The summed E-state index contributed by atoms with van der Waals surface area (Å²) in [6.45, 7) is 7.47. The Hall–Kier alpha value is -2.83. The first-order valence-electron chi connectivity index (χ1n) is 7.39. The molecule has 2 aromatic rings. The zero-order chi connectivity index (χ0) is 17.0. The molecule has 0 aliphatic heterocycles. The van der Waals surface area contributed by atoms with Gasteiger partial charge in [-0.3, -0.25) is 0 Å². The van der Waals surface area contributed by atoms with Crippen molar-refractivity contribution >= 4 is 28.4 Å². The summed E-state index contributed by atoms with van der Waals surface area (Å²) in [5.41, 5.74) is 8.66. The largest absolute Gasteiger partial charge is 0.422 e. The number of benzene rings is 1. The van der Waals surface area contributed by atoms with Gasteiger partial charge in [0.25, 0.3) is 0 Å². The minimum Gasteiger partial charge on any atom is -0.422 e. The van der Waals surface area contributed by atoms with Gasteiger partial charge in [0.05, 0.1) is 11.3 Å². The zero-order valence-electron chi connectivity index (χ0n) is 13.4. The number of primary amides is 1. The number of nitrogens with zero attached hydrogens (tertiary/aromatic N) is 2. The SMILES string of the molecule is CCN(CC)c1ccc2cc(/C(C)=N/NC(N)=O)c(=O)oc2c1. The fourth-order valence-corrected chi connectivity index (χ4v) is 2.34. The van der Waals surface area contributed by atoms with Gasteiger partial charge in [0.15, 0.2) is 0 Å². The molecule has 1 heterocycles. The summed E-state index contributed by atoms with van der Waals surface area (Å²) in [5, 5.41) is 4.54. The molecule has 0 spiro atoms. The van der Waals surface area contributed by atoms with E-state index in [0.717, 1.165) is 24.2 Å². The molecule has 7 heteroatoms. The summed E-state index contributed by atoms with van der Waals surface area (Å²) >= 11 is 0. The predicted molar refractivity (Wildman–Crippen MR) is 91.0 cm³/mol. The predicted octanol–water partition coefficient (Wildman–Crippen LogP) is 2.03. The Morgan fingerprint density at radius 1 is 1.30 bits per heavy atom. The molecule has 0 saturated carbocycles. The van der Waals surface area contributed by atoms with Crippen LogP contribution in [0.15, 0.2) is 38.6 Å². The minimum absolute atomic E-state index is 0.279. The molecule has 0 bridgehead atoms. The quantitative estimate of drug-likeness (QED) is 0.500. The van der Waals surface area contributed by atoms with Crippen LogP contribution in [0.3, 0.4) is 0 Å². The number of urea groups is 1. The Labute approximate surface area is 133 Å². The Balaban J connectivity index is 2.47. The van der Waals surface area contributed by atoms with Crippen LogP contribution in [-0.4, -0.2) is 24.8 Å². The molecule has 7 nitrogen and oxygen atoms in total. The van der Waals surface area contributed by atoms with Crippen LogP contribution in [0.5, 0.6) is 0 Å². The minimum atomic E-state index is -0.793. The van der Waals surface area contributed by atoms with Gasteiger partial charge in [-0.05, 0) is 39.0 Å². The van der Waals surface area contributed by atoms with Crippen molar-refractivity contribution in [3.63, 3.8) is 0 Å². The van der Waals surface area contributed by atoms with E-state index in [2.05, 4.69) is 29.3 Å². The number of nitrogens with one attached hydrogen (secondary N) is 1. The van der Waals surface area contributed by atoms with Crippen LogP contribution in [0, 0.1) is 0 Å². The number of hydrogen-bond donors (Lipinski definition) is 2. The van der Waals surface area contributed by atoms with Crippen molar-refractivity contribution in [2.75, 3.05) is 18.0 Å². The van der Waals surface area contributed by atoms with Crippen molar-refractivity contribution in [2.45, 2.75) is 20.8 Å². The number of amides is 2. The molecule has 0 unspecified atom stereocenters. The third-order valence-corrected chi connectivity index (χ3v) is 3.57. The van der Waals surface area contributed by atoms with Gasteiger partial charge in [-0.2, -0.15) is 5.10 Å². The molecule has 0 aliphatic rings. The Bertz CT molecular complexity index is 807. The van der Waals surface area contributed by atoms with Gasteiger partial charge in [-0.25, -0.2) is 15.0 Å². The van der Waals surface area contributed by atoms with Gasteiger partial charge >= 0.3 is 11.7 Å². The van der Waals surface area contributed by atoms with E-state index in [1.54, 1.807) is 13.0 Å². The van der Waals surface area contributed by atoms with Gasteiger partial charge in [-0.15, -0.1) is 0 Å². The molecule has 122 valence electrons. The first kappa shape index (κ1) is 16.5. The second kappa shape index (κ2) is 6.95. The highest BCUT2D eigenvalue weighted by Gasteiger charge is 2.10. The van der Waals surface area contributed by atoms with Crippen LogP contribution in [-0.2, 0) is 0 Å². The molecule has 1 aromatic carbocycles. The number of rotatable bonds is 5. The Morgan fingerprint density at radius 3 is 2.61 bits per heavy atom. The van der Waals surface area contributed by atoms with Crippen molar-refractivity contribution < 1.29 is 9.21 Å². The van der Waals surface area contributed by atoms with E-state index < -0.39 is 11.7 Å². The number of nitrogens with two attached hydrogens (primary N) is 1. The topological polar surface area (TPSA) is 101 Å². The summed E-state index contributed by atoms with van der Waals surface area (Å²) in [7, 11) is 0. The van der Waals surface area contributed by atoms with Crippen molar-refractivity contribution in [1.29, 1.82) is 0 Å². The van der Waals surface area contributed by atoms with Crippen LogP contribution >= 0.6 is 0 Å². The number of fused-ring (bicyclic) bond motifs is 1. The van der Waals surface area contributed by atoms with Crippen LogP contribution in [0.1, 0.15) is 26.3 Å². The van der Waals surface area contributed by atoms with Crippen molar-refractivity contribution in [3.8, 4) is 0 Å². The summed E-state index contributed by atoms with van der Waals surface area (Å²) in [4.78, 5) is 25.0. The second-order valence-electron chi connectivity index (χ2n) is 5.02. The lowest BCUT2D eigenvalue weighted by Crippen LogP contribution is -2.26. The zero-order valence-corrected chi connectivity index (χ0v) is 13.4. The molecule has 0 radical (unpaired) electrons. The van der Waals surface area contributed by atoms with Crippen LogP contribution in [0.25, 0.3) is 11.0 Å². The van der Waals surface area contributed by atoms with E-state index in [-0.39, 0.29) is 5.56 Å². The number of anilines is 1. The summed E-state index contributed by atoms with van der Waals surface area (Å²) < 4.78 is 5.39. The smallest absolute Gasteiger partial charge is 0.345 e. The normalized spacial score (nSPS) is 11.5. The maximum absolute atomic E-state index is 12.1. The molecule has 2 rings (SSSR count). The van der Waals surface area contributed by atoms with E-state index in [1.807, 2.05) is 18.2 Å². The molecular formula is C16H20N4O3. The van der Waals surface area contributed by atoms with Gasteiger partial charge in [0.2, 0.25) is 0 Å². The fourth-order valence-electron chi connectivity index (χ4n) is 2.34. The van der Waals surface area contributed by atoms with E-state index in [1.165, 1.54) is 0 Å². The molecule has 0 aliphatic carbocycles. The van der Waals surface area contributed by atoms with E-state index in [9.17, 15) is 9.59 Å². The number of hydrogen-bond acceptors (Lipinski definition) is 5.